The molecule has 3 heterocycles. The van der Waals surface area contributed by atoms with Gasteiger partial charge in [-0.1, -0.05) is 12.1 Å². The summed E-state index contributed by atoms with van der Waals surface area (Å²) in [5, 5.41) is 6.44. The monoisotopic (exact) mass is 385 g/mol. The minimum atomic E-state index is -0.602. The molecule has 28 heavy (non-hydrogen) atoms. The molecule has 3 amide bonds. The van der Waals surface area contributed by atoms with Crippen LogP contribution in [0.25, 0.3) is 0 Å². The van der Waals surface area contributed by atoms with Gasteiger partial charge in [-0.15, -0.1) is 0 Å². The summed E-state index contributed by atoms with van der Waals surface area (Å²) in [6.07, 6.45) is 1.87. The summed E-state index contributed by atoms with van der Waals surface area (Å²) in [5.74, 6) is -0.900. The van der Waals surface area contributed by atoms with Gasteiger partial charge < -0.3 is 14.7 Å². The van der Waals surface area contributed by atoms with E-state index >= 15 is 0 Å². The third-order valence-electron chi connectivity index (χ3n) is 5.18. The van der Waals surface area contributed by atoms with Gasteiger partial charge >= 0.3 is 0 Å². The summed E-state index contributed by atoms with van der Waals surface area (Å²) < 4.78 is 13.4. The van der Waals surface area contributed by atoms with Crippen molar-refractivity contribution in [2.24, 2.45) is 0 Å². The summed E-state index contributed by atoms with van der Waals surface area (Å²) in [7, 11) is 0. The number of nitrogens with zero attached hydrogens (tertiary/aromatic N) is 4. The Labute approximate surface area is 160 Å². The fourth-order valence-corrected chi connectivity index (χ4v) is 3.77. The minimum Gasteiger partial charge on any atom is -0.335 e. The van der Waals surface area contributed by atoms with Crippen LogP contribution in [0.1, 0.15) is 22.5 Å². The number of carbonyl (C=O) groups is 3. The van der Waals surface area contributed by atoms with E-state index in [4.69, 9.17) is 0 Å². The lowest BCUT2D eigenvalue weighted by molar-refractivity contribution is -0.156. The maximum atomic E-state index is 13.4. The van der Waals surface area contributed by atoms with Crippen LogP contribution in [0.3, 0.4) is 0 Å². The number of fused-ring (bicyclic) bond motifs is 1. The third-order valence-corrected chi connectivity index (χ3v) is 5.18. The van der Waals surface area contributed by atoms with E-state index in [-0.39, 0.29) is 36.6 Å². The van der Waals surface area contributed by atoms with Gasteiger partial charge in [0, 0.05) is 32.4 Å². The lowest BCUT2D eigenvalue weighted by atomic mass is 10.1. The molecule has 146 valence electrons. The maximum absolute atomic E-state index is 13.4. The number of benzene rings is 1. The molecule has 0 aliphatic carbocycles. The maximum Gasteiger partial charge on any atom is 0.271 e. The molecule has 9 heteroatoms. The highest BCUT2D eigenvalue weighted by atomic mass is 19.1. The minimum absolute atomic E-state index is 0.0413. The van der Waals surface area contributed by atoms with Crippen LogP contribution in [-0.4, -0.2) is 74.8 Å². The molecule has 0 radical (unpaired) electrons. The molecule has 0 bridgehead atoms. The first-order valence-corrected chi connectivity index (χ1v) is 9.14. The zero-order valence-electron chi connectivity index (χ0n) is 15.2. The highest BCUT2D eigenvalue weighted by molar-refractivity contribution is 5.95. The third kappa shape index (κ3) is 3.47. The Morgan fingerprint density at radius 3 is 2.82 bits per heavy atom. The number of amides is 3. The van der Waals surface area contributed by atoms with Crippen LogP contribution < -0.4 is 0 Å². The quantitative estimate of drug-likeness (QED) is 0.840. The van der Waals surface area contributed by atoms with Gasteiger partial charge in [0.05, 0.1) is 0 Å². The average Bonchev–Trinajstić information content (AvgIpc) is 3.11. The second kappa shape index (κ2) is 7.41. The molecule has 1 aromatic carbocycles. The fourth-order valence-electron chi connectivity index (χ4n) is 3.77. The molecule has 2 aliphatic rings. The van der Waals surface area contributed by atoms with E-state index in [1.807, 2.05) is 0 Å². The molecule has 1 atom stereocenters. The second-order valence-electron chi connectivity index (χ2n) is 6.98. The van der Waals surface area contributed by atoms with Gasteiger partial charge in [-0.05, 0) is 30.2 Å². The first-order valence-electron chi connectivity index (χ1n) is 9.14. The summed E-state index contributed by atoms with van der Waals surface area (Å²) in [4.78, 5) is 42.8. The Kier molecular flexibility index (Phi) is 4.81. The number of rotatable bonds is 3. The number of aromatic amines is 1. The van der Waals surface area contributed by atoms with Gasteiger partial charge in [-0.3, -0.25) is 19.5 Å². The predicted molar refractivity (Wildman–Crippen MR) is 96.4 cm³/mol. The number of carbonyl (C=O) groups excluding carboxylic acids is 3. The molecule has 2 aliphatic heterocycles. The SMILES string of the molecule is O=C(c1ccn[nH]1)N1CCC2C(=O)N(Cc3cccc(F)c3)CC(=O)N2CC1. The number of halogens is 1. The lowest BCUT2D eigenvalue weighted by Crippen LogP contribution is -2.59. The van der Waals surface area contributed by atoms with Crippen molar-refractivity contribution in [2.75, 3.05) is 26.2 Å². The van der Waals surface area contributed by atoms with Gasteiger partial charge in [0.1, 0.15) is 24.1 Å². The Balaban J connectivity index is 1.48. The number of piperazine rings is 1. The van der Waals surface area contributed by atoms with Crippen molar-refractivity contribution >= 4 is 17.7 Å². The first kappa shape index (κ1) is 18.1. The average molecular weight is 385 g/mol. The number of aromatic nitrogens is 2. The van der Waals surface area contributed by atoms with Crippen LogP contribution in [0.2, 0.25) is 0 Å². The summed E-state index contributed by atoms with van der Waals surface area (Å²) >= 11 is 0. The van der Waals surface area contributed by atoms with E-state index in [1.54, 1.807) is 28.0 Å². The van der Waals surface area contributed by atoms with Gasteiger partial charge in [0.2, 0.25) is 11.8 Å². The van der Waals surface area contributed by atoms with E-state index in [2.05, 4.69) is 10.2 Å². The van der Waals surface area contributed by atoms with Crippen LogP contribution in [0.5, 0.6) is 0 Å². The summed E-state index contributed by atoms with van der Waals surface area (Å²) in [5.41, 5.74) is 1.02. The molecule has 2 saturated heterocycles. The first-order chi connectivity index (χ1) is 13.5. The molecule has 8 nitrogen and oxygen atoms in total. The van der Waals surface area contributed by atoms with Crippen LogP contribution in [-0.2, 0) is 16.1 Å². The van der Waals surface area contributed by atoms with Crippen LogP contribution in [0.15, 0.2) is 36.5 Å². The largest absolute Gasteiger partial charge is 0.335 e. The Morgan fingerprint density at radius 2 is 2.07 bits per heavy atom. The van der Waals surface area contributed by atoms with E-state index in [0.29, 0.717) is 37.3 Å². The van der Waals surface area contributed by atoms with Crippen LogP contribution >= 0.6 is 0 Å². The molecule has 1 aromatic heterocycles. The molecular weight excluding hydrogens is 365 g/mol. The fraction of sp³-hybridized carbons (Fsp3) is 0.368. The van der Waals surface area contributed by atoms with Crippen molar-refractivity contribution in [1.29, 1.82) is 0 Å². The highest BCUT2D eigenvalue weighted by Crippen LogP contribution is 2.21. The van der Waals surface area contributed by atoms with E-state index < -0.39 is 6.04 Å². The molecule has 0 saturated carbocycles. The van der Waals surface area contributed by atoms with Crippen molar-refractivity contribution in [3.8, 4) is 0 Å². The predicted octanol–water partition coefficient (Wildman–Crippen LogP) is 0.634. The number of nitrogens with one attached hydrogen (secondary N) is 1. The van der Waals surface area contributed by atoms with Gasteiger partial charge in [-0.2, -0.15) is 5.10 Å². The molecule has 1 N–H and O–H groups in total. The molecule has 1 unspecified atom stereocenters. The Hall–Kier alpha value is -3.23. The summed E-state index contributed by atoms with van der Waals surface area (Å²) in [6.45, 7) is 1.18. The zero-order valence-corrected chi connectivity index (χ0v) is 15.2. The molecule has 4 rings (SSSR count). The van der Waals surface area contributed by atoms with Crippen LogP contribution in [0, 0.1) is 5.82 Å². The topological polar surface area (TPSA) is 89.6 Å². The number of hydrogen-bond acceptors (Lipinski definition) is 4. The summed E-state index contributed by atoms with van der Waals surface area (Å²) in [6, 6.07) is 7.00. The van der Waals surface area contributed by atoms with Gasteiger partial charge in [0.15, 0.2) is 0 Å². The van der Waals surface area contributed by atoms with Crippen molar-refractivity contribution in [3.63, 3.8) is 0 Å². The van der Waals surface area contributed by atoms with Crippen molar-refractivity contribution in [1.82, 2.24) is 24.9 Å². The van der Waals surface area contributed by atoms with Crippen molar-refractivity contribution < 1.29 is 18.8 Å². The highest BCUT2D eigenvalue weighted by Gasteiger charge is 2.41. The molecule has 0 spiro atoms. The van der Waals surface area contributed by atoms with Crippen molar-refractivity contribution in [2.45, 2.75) is 19.0 Å². The van der Waals surface area contributed by atoms with Crippen molar-refractivity contribution in [3.05, 3.63) is 53.6 Å². The second-order valence-corrected chi connectivity index (χ2v) is 6.98. The Morgan fingerprint density at radius 1 is 1.21 bits per heavy atom. The normalized spacial score (nSPS) is 20.2. The van der Waals surface area contributed by atoms with Gasteiger partial charge in [0.25, 0.3) is 5.91 Å². The zero-order chi connectivity index (χ0) is 19.7. The molecular formula is C19H20FN5O3. The standard InChI is InChI=1S/C19H20FN5O3/c20-14-3-1-2-13(10-14)11-24-12-17(26)25-9-8-23(7-5-16(25)19(24)28)18(27)15-4-6-21-22-15/h1-4,6,10,16H,5,7-9,11-12H2,(H,21,22). The smallest absolute Gasteiger partial charge is 0.271 e. The molecule has 2 aromatic rings. The van der Waals surface area contributed by atoms with Crippen LogP contribution in [0.4, 0.5) is 4.39 Å². The van der Waals surface area contributed by atoms with E-state index in [0.717, 1.165) is 0 Å². The van der Waals surface area contributed by atoms with E-state index in [9.17, 15) is 18.8 Å². The molecule has 2 fully saturated rings. The lowest BCUT2D eigenvalue weighted by Gasteiger charge is -2.39. The number of H-pyrrole nitrogens is 1. The number of hydrogen-bond donors (Lipinski definition) is 1. The van der Waals surface area contributed by atoms with Gasteiger partial charge in [-0.25, -0.2) is 4.39 Å². The van der Waals surface area contributed by atoms with E-state index in [1.165, 1.54) is 23.2 Å². The Bertz CT molecular complexity index is 901.